The molecule has 0 spiro atoms. The number of hydrogen-bond acceptors (Lipinski definition) is 2. The van der Waals surface area contributed by atoms with Gasteiger partial charge in [-0.3, -0.25) is 4.98 Å². The molecule has 18 heavy (non-hydrogen) atoms. The second-order valence-electron chi connectivity index (χ2n) is 3.15. The van der Waals surface area contributed by atoms with Crippen LogP contribution in [0, 0.1) is 0 Å². The molecule has 0 bridgehead atoms. The van der Waals surface area contributed by atoms with Crippen LogP contribution in [0.15, 0.2) is 6.20 Å². The number of alkyl halides is 6. The summed E-state index contributed by atoms with van der Waals surface area (Å²) in [6, 6.07) is 0. The lowest BCUT2D eigenvalue weighted by Crippen LogP contribution is -2.19. The minimum atomic E-state index is -5.01. The zero-order chi connectivity index (χ0) is 14.1. The number of aromatic nitrogens is 1. The van der Waals surface area contributed by atoms with Crippen molar-refractivity contribution in [3.63, 3.8) is 0 Å². The largest absolute Gasteiger partial charge is 0.478 e. The topological polar surface area (TPSA) is 50.2 Å². The first-order valence-electron chi connectivity index (χ1n) is 4.36. The van der Waals surface area contributed by atoms with E-state index in [1.54, 1.807) is 0 Å². The molecule has 1 aromatic rings. The number of pyridine rings is 1. The van der Waals surface area contributed by atoms with Crippen LogP contribution in [-0.4, -0.2) is 16.1 Å². The van der Waals surface area contributed by atoms with Crippen molar-refractivity contribution in [2.75, 3.05) is 0 Å². The van der Waals surface area contributed by atoms with Gasteiger partial charge in [-0.15, -0.1) is 0 Å². The first-order chi connectivity index (χ1) is 8.20. The minimum Gasteiger partial charge on any atom is -0.478 e. The van der Waals surface area contributed by atoms with Crippen LogP contribution in [0.1, 0.15) is 33.6 Å². The Bertz CT molecular complexity index is 475. The van der Waals surface area contributed by atoms with Crippen molar-refractivity contribution in [3.05, 3.63) is 28.6 Å². The van der Waals surface area contributed by atoms with Crippen LogP contribution in [0.25, 0.3) is 0 Å². The van der Waals surface area contributed by atoms with Gasteiger partial charge in [0.2, 0.25) is 0 Å². The van der Waals surface area contributed by atoms with Crippen LogP contribution < -0.4 is 0 Å². The van der Waals surface area contributed by atoms with Crippen molar-refractivity contribution in [2.45, 2.75) is 17.0 Å². The molecule has 1 aromatic heterocycles. The maximum absolute atomic E-state index is 12.6. The monoisotopic (exact) mass is 381 g/mol. The van der Waals surface area contributed by atoms with Crippen molar-refractivity contribution in [2.24, 2.45) is 0 Å². The van der Waals surface area contributed by atoms with Gasteiger partial charge in [0.25, 0.3) is 6.43 Å². The molecule has 0 saturated carbocycles. The normalized spacial score (nSPS) is 11.9. The second-order valence-corrected chi connectivity index (χ2v) is 3.92. The van der Waals surface area contributed by atoms with Crippen molar-refractivity contribution in [3.8, 4) is 0 Å². The number of hydrogen-bond donors (Lipinski definition) is 1. The Morgan fingerprint density at radius 2 is 2.00 bits per heavy atom. The van der Waals surface area contributed by atoms with E-state index in [1.165, 1.54) is 22.6 Å². The van der Waals surface area contributed by atoms with Crippen molar-refractivity contribution >= 4 is 28.6 Å². The SMILES string of the molecule is O=C(O)c1c(C(F)(F)F)ncc(C(F)F)c1CI. The first-order valence-corrected chi connectivity index (χ1v) is 5.89. The molecule has 1 N–H and O–H groups in total. The highest BCUT2D eigenvalue weighted by Gasteiger charge is 2.39. The van der Waals surface area contributed by atoms with Crippen LogP contribution in [-0.2, 0) is 10.6 Å². The first kappa shape index (κ1) is 15.1. The number of carboxylic acids is 1. The van der Waals surface area contributed by atoms with Gasteiger partial charge in [0.15, 0.2) is 5.69 Å². The Kier molecular flexibility index (Phi) is 4.46. The Hall–Kier alpha value is -1.00. The number of carbonyl (C=O) groups is 1. The smallest absolute Gasteiger partial charge is 0.434 e. The third-order valence-corrected chi connectivity index (χ3v) is 2.83. The standard InChI is InChI=1S/C9H5F5INO2/c10-7(11)4-2-16-6(9(12,13)14)5(8(17)18)3(4)1-15/h2,7H,1H2,(H,17,18). The van der Waals surface area contributed by atoms with Gasteiger partial charge in [-0.05, 0) is 5.56 Å². The summed E-state index contributed by atoms with van der Waals surface area (Å²) >= 11 is 1.52. The summed E-state index contributed by atoms with van der Waals surface area (Å²) in [4.78, 5) is 13.6. The summed E-state index contributed by atoms with van der Waals surface area (Å²) in [5.74, 6) is -1.93. The Morgan fingerprint density at radius 1 is 1.44 bits per heavy atom. The third kappa shape index (κ3) is 2.87. The predicted molar refractivity (Wildman–Crippen MR) is 58.9 cm³/mol. The fourth-order valence-electron chi connectivity index (χ4n) is 1.34. The van der Waals surface area contributed by atoms with E-state index in [0.717, 1.165) is 0 Å². The van der Waals surface area contributed by atoms with Gasteiger partial charge in [-0.25, -0.2) is 13.6 Å². The molecule has 0 radical (unpaired) electrons. The van der Waals surface area contributed by atoms with Crippen LogP contribution in [0.4, 0.5) is 22.0 Å². The van der Waals surface area contributed by atoms with Gasteiger partial charge >= 0.3 is 12.1 Å². The van der Waals surface area contributed by atoms with E-state index in [1.807, 2.05) is 0 Å². The molecule has 0 amide bonds. The van der Waals surface area contributed by atoms with Crippen molar-refractivity contribution < 1.29 is 31.9 Å². The number of halogens is 6. The molecule has 9 heteroatoms. The number of rotatable bonds is 3. The van der Waals surface area contributed by atoms with E-state index < -0.39 is 41.0 Å². The van der Waals surface area contributed by atoms with E-state index >= 15 is 0 Å². The molecule has 0 aromatic carbocycles. The average molecular weight is 381 g/mol. The zero-order valence-corrected chi connectivity index (χ0v) is 10.6. The minimum absolute atomic E-state index is 0.287. The molecule has 0 aliphatic heterocycles. The van der Waals surface area contributed by atoms with E-state index in [0.29, 0.717) is 6.20 Å². The zero-order valence-electron chi connectivity index (χ0n) is 8.43. The summed E-state index contributed by atoms with van der Waals surface area (Å²) in [7, 11) is 0. The summed E-state index contributed by atoms with van der Waals surface area (Å²) in [5, 5.41) is 8.76. The fraction of sp³-hybridized carbons (Fsp3) is 0.333. The van der Waals surface area contributed by atoms with E-state index in [4.69, 9.17) is 5.11 Å². The molecule has 0 fully saturated rings. The highest BCUT2D eigenvalue weighted by atomic mass is 127. The molecule has 100 valence electrons. The molecule has 1 heterocycles. The van der Waals surface area contributed by atoms with Gasteiger partial charge in [0, 0.05) is 16.2 Å². The maximum atomic E-state index is 12.6. The molecule has 1 rings (SSSR count). The van der Waals surface area contributed by atoms with Gasteiger partial charge in [0.05, 0.1) is 5.56 Å². The highest BCUT2D eigenvalue weighted by molar-refractivity contribution is 14.1. The molecular formula is C9H5F5INO2. The lowest BCUT2D eigenvalue weighted by Gasteiger charge is -2.15. The average Bonchev–Trinajstić information content (AvgIpc) is 2.25. The summed E-state index contributed by atoms with van der Waals surface area (Å²) in [6.07, 6.45) is -7.72. The van der Waals surface area contributed by atoms with E-state index in [2.05, 4.69) is 4.98 Å². The quantitative estimate of drug-likeness (QED) is 0.494. The molecular weight excluding hydrogens is 376 g/mol. The number of nitrogens with zero attached hydrogens (tertiary/aromatic N) is 1. The van der Waals surface area contributed by atoms with Crippen molar-refractivity contribution in [1.29, 1.82) is 0 Å². The summed E-state index contributed by atoms with van der Waals surface area (Å²) in [5.41, 5.74) is -4.23. The molecule has 0 aliphatic carbocycles. The lowest BCUT2D eigenvalue weighted by molar-refractivity contribution is -0.141. The predicted octanol–water partition coefficient (Wildman–Crippen LogP) is 3.67. The second kappa shape index (κ2) is 5.33. The highest BCUT2D eigenvalue weighted by Crippen LogP contribution is 2.35. The Balaban J connectivity index is 3.64. The maximum Gasteiger partial charge on any atom is 0.434 e. The van der Waals surface area contributed by atoms with E-state index in [9.17, 15) is 26.7 Å². The third-order valence-electron chi connectivity index (χ3n) is 2.07. The molecule has 0 atom stereocenters. The fourth-order valence-corrected chi connectivity index (χ4v) is 2.16. The van der Waals surface area contributed by atoms with Crippen molar-refractivity contribution in [1.82, 2.24) is 4.98 Å². The van der Waals surface area contributed by atoms with Crippen LogP contribution in [0.2, 0.25) is 0 Å². The van der Waals surface area contributed by atoms with Gasteiger partial charge in [0.1, 0.15) is 0 Å². The molecule has 3 nitrogen and oxygen atoms in total. The molecule has 0 aliphatic rings. The number of carboxylic acid groups (broad SMARTS) is 1. The van der Waals surface area contributed by atoms with Gasteiger partial charge in [-0.2, -0.15) is 13.2 Å². The van der Waals surface area contributed by atoms with E-state index in [-0.39, 0.29) is 4.43 Å². The van der Waals surface area contributed by atoms with Gasteiger partial charge in [-0.1, -0.05) is 22.6 Å². The Labute approximate surface area is 111 Å². The van der Waals surface area contributed by atoms with Crippen LogP contribution >= 0.6 is 22.6 Å². The Morgan fingerprint density at radius 3 is 2.33 bits per heavy atom. The molecule has 0 saturated heterocycles. The summed E-state index contributed by atoms with van der Waals surface area (Å²) < 4.78 is 62.5. The van der Waals surface area contributed by atoms with Crippen LogP contribution in [0.5, 0.6) is 0 Å². The number of aromatic carboxylic acids is 1. The lowest BCUT2D eigenvalue weighted by atomic mass is 10.0. The summed E-state index contributed by atoms with van der Waals surface area (Å²) in [6.45, 7) is 0. The van der Waals surface area contributed by atoms with Crippen LogP contribution in [0.3, 0.4) is 0 Å². The van der Waals surface area contributed by atoms with Gasteiger partial charge < -0.3 is 5.11 Å². The molecule has 0 unspecified atom stereocenters.